The zero-order valence-electron chi connectivity index (χ0n) is 11.6. The number of benzene rings is 1. The second-order valence-electron chi connectivity index (χ2n) is 4.61. The van der Waals surface area contributed by atoms with Gasteiger partial charge in [-0.2, -0.15) is 0 Å². The molecule has 1 N–H and O–H groups in total. The fraction of sp³-hybridized carbons (Fsp3) is 0.133. The number of fused-ring (bicyclic) bond motifs is 1. The van der Waals surface area contributed by atoms with E-state index in [1.54, 1.807) is 26.4 Å². The fourth-order valence-corrected chi connectivity index (χ4v) is 2.30. The molecule has 0 radical (unpaired) electrons. The minimum absolute atomic E-state index is 0.351. The number of methoxy groups -OCH3 is 1. The Morgan fingerprint density at radius 3 is 2.81 bits per heavy atom. The van der Waals surface area contributed by atoms with Gasteiger partial charge in [0, 0.05) is 13.2 Å². The van der Waals surface area contributed by atoms with E-state index in [-0.39, 0.29) is 0 Å². The van der Waals surface area contributed by atoms with Gasteiger partial charge in [0.15, 0.2) is 0 Å². The summed E-state index contributed by atoms with van der Waals surface area (Å²) < 4.78 is 6.52. The second-order valence-corrected chi connectivity index (χ2v) is 4.61. The highest BCUT2D eigenvalue weighted by Gasteiger charge is 2.12. The Hall–Kier alpha value is -2.89. The SMILES string of the molecule is COc1cccc(-c2ccnc3c2c(=O)[nH]c(=O)n3C)c1. The summed E-state index contributed by atoms with van der Waals surface area (Å²) in [5.74, 6) is 0.693. The van der Waals surface area contributed by atoms with Crippen LogP contribution in [0.4, 0.5) is 0 Å². The Bertz CT molecular complexity index is 941. The number of nitrogens with zero attached hydrogens (tertiary/aromatic N) is 2. The molecule has 0 atom stereocenters. The molecular weight excluding hydrogens is 270 g/mol. The van der Waals surface area contributed by atoms with Crippen LogP contribution in [0.25, 0.3) is 22.2 Å². The minimum atomic E-state index is -0.484. The molecule has 2 aromatic heterocycles. The Kier molecular flexibility index (Phi) is 3.06. The van der Waals surface area contributed by atoms with E-state index in [1.807, 2.05) is 24.3 Å². The predicted molar refractivity (Wildman–Crippen MR) is 79.6 cm³/mol. The second kappa shape index (κ2) is 4.90. The highest BCUT2D eigenvalue weighted by molar-refractivity contribution is 5.92. The number of ether oxygens (including phenoxy) is 1. The summed E-state index contributed by atoms with van der Waals surface area (Å²) in [5, 5.41) is 0.382. The van der Waals surface area contributed by atoms with Gasteiger partial charge in [-0.25, -0.2) is 9.78 Å². The number of rotatable bonds is 2. The molecule has 0 aliphatic heterocycles. The summed E-state index contributed by atoms with van der Waals surface area (Å²) in [6, 6.07) is 9.13. The van der Waals surface area contributed by atoms with Crippen LogP contribution in [-0.2, 0) is 7.05 Å². The number of H-pyrrole nitrogens is 1. The summed E-state index contributed by atoms with van der Waals surface area (Å²) in [6.45, 7) is 0. The lowest BCUT2D eigenvalue weighted by molar-refractivity contribution is 0.415. The number of aromatic amines is 1. The van der Waals surface area contributed by atoms with Crippen LogP contribution in [0.15, 0.2) is 46.1 Å². The molecular formula is C15H13N3O3. The van der Waals surface area contributed by atoms with Crippen LogP contribution < -0.4 is 16.0 Å². The van der Waals surface area contributed by atoms with E-state index >= 15 is 0 Å². The van der Waals surface area contributed by atoms with Crippen molar-refractivity contribution >= 4 is 11.0 Å². The third kappa shape index (κ3) is 2.10. The van der Waals surface area contributed by atoms with Gasteiger partial charge in [0.05, 0.1) is 12.5 Å². The van der Waals surface area contributed by atoms with Gasteiger partial charge in [-0.15, -0.1) is 0 Å². The molecule has 0 amide bonds. The average Bonchev–Trinajstić information content (AvgIpc) is 2.52. The maximum Gasteiger partial charge on any atom is 0.329 e. The van der Waals surface area contributed by atoms with Gasteiger partial charge in [-0.3, -0.25) is 14.3 Å². The van der Waals surface area contributed by atoms with Crippen molar-refractivity contribution in [3.8, 4) is 16.9 Å². The van der Waals surface area contributed by atoms with Crippen LogP contribution in [0, 0.1) is 0 Å². The molecule has 0 saturated heterocycles. The monoisotopic (exact) mass is 283 g/mol. The van der Waals surface area contributed by atoms with Crippen molar-refractivity contribution in [1.29, 1.82) is 0 Å². The normalized spacial score (nSPS) is 10.8. The quantitative estimate of drug-likeness (QED) is 0.769. The molecule has 0 aliphatic carbocycles. The van der Waals surface area contributed by atoms with Gasteiger partial charge in [0.25, 0.3) is 5.56 Å². The van der Waals surface area contributed by atoms with Gasteiger partial charge in [0.1, 0.15) is 11.4 Å². The number of aryl methyl sites for hydroxylation is 1. The van der Waals surface area contributed by atoms with E-state index in [2.05, 4.69) is 9.97 Å². The lowest BCUT2D eigenvalue weighted by Gasteiger charge is -2.09. The summed E-state index contributed by atoms with van der Waals surface area (Å²) in [7, 11) is 3.16. The molecule has 0 unspecified atom stereocenters. The third-order valence-corrected chi connectivity index (χ3v) is 3.38. The van der Waals surface area contributed by atoms with Crippen molar-refractivity contribution in [2.24, 2.45) is 7.05 Å². The smallest absolute Gasteiger partial charge is 0.329 e. The standard InChI is InChI=1S/C15H13N3O3/c1-18-13-12(14(19)17-15(18)20)11(6-7-16-13)9-4-3-5-10(8-9)21-2/h3-8H,1-2H3,(H,17,19,20). The Morgan fingerprint density at radius 2 is 2.05 bits per heavy atom. The molecule has 1 aromatic carbocycles. The van der Waals surface area contributed by atoms with Crippen molar-refractivity contribution in [1.82, 2.24) is 14.5 Å². The van der Waals surface area contributed by atoms with Crippen LogP contribution >= 0.6 is 0 Å². The Balaban J connectivity index is 2.41. The van der Waals surface area contributed by atoms with Crippen LogP contribution in [-0.4, -0.2) is 21.6 Å². The molecule has 0 spiro atoms. The lowest BCUT2D eigenvalue weighted by Crippen LogP contribution is -2.29. The van der Waals surface area contributed by atoms with Gasteiger partial charge in [-0.05, 0) is 29.3 Å². The first-order chi connectivity index (χ1) is 10.1. The molecule has 106 valence electrons. The van der Waals surface area contributed by atoms with E-state index in [4.69, 9.17) is 4.74 Å². The molecule has 0 saturated carbocycles. The van der Waals surface area contributed by atoms with Crippen molar-refractivity contribution in [2.45, 2.75) is 0 Å². The molecule has 3 aromatic rings. The number of hydrogen-bond acceptors (Lipinski definition) is 4. The summed E-state index contributed by atoms with van der Waals surface area (Å²) in [4.78, 5) is 30.3. The molecule has 0 bridgehead atoms. The van der Waals surface area contributed by atoms with Crippen molar-refractivity contribution in [3.05, 3.63) is 57.4 Å². The van der Waals surface area contributed by atoms with E-state index in [0.29, 0.717) is 22.3 Å². The fourth-order valence-electron chi connectivity index (χ4n) is 2.30. The maximum absolute atomic E-state index is 12.2. The lowest BCUT2D eigenvalue weighted by atomic mass is 10.0. The van der Waals surface area contributed by atoms with E-state index in [0.717, 1.165) is 5.56 Å². The molecule has 6 nitrogen and oxygen atoms in total. The van der Waals surface area contributed by atoms with E-state index in [1.165, 1.54) is 4.57 Å². The first-order valence-corrected chi connectivity index (χ1v) is 6.34. The highest BCUT2D eigenvalue weighted by Crippen LogP contribution is 2.27. The van der Waals surface area contributed by atoms with Gasteiger partial charge >= 0.3 is 5.69 Å². The topological polar surface area (TPSA) is 77.0 Å². The first-order valence-electron chi connectivity index (χ1n) is 6.34. The maximum atomic E-state index is 12.2. The summed E-state index contributed by atoms with van der Waals surface area (Å²) >= 11 is 0. The number of hydrogen-bond donors (Lipinski definition) is 1. The minimum Gasteiger partial charge on any atom is -0.497 e. The van der Waals surface area contributed by atoms with Gasteiger partial charge in [0.2, 0.25) is 0 Å². The molecule has 0 fully saturated rings. The zero-order chi connectivity index (χ0) is 15.0. The predicted octanol–water partition coefficient (Wildman–Crippen LogP) is 1.30. The van der Waals surface area contributed by atoms with Crippen molar-refractivity contribution < 1.29 is 4.74 Å². The summed E-state index contributed by atoms with van der Waals surface area (Å²) in [5.41, 5.74) is 0.951. The molecule has 2 heterocycles. The zero-order valence-corrected chi connectivity index (χ0v) is 11.6. The molecule has 0 aliphatic rings. The number of nitrogens with one attached hydrogen (secondary N) is 1. The van der Waals surface area contributed by atoms with E-state index in [9.17, 15) is 9.59 Å². The Morgan fingerprint density at radius 1 is 1.24 bits per heavy atom. The largest absolute Gasteiger partial charge is 0.497 e. The molecule has 3 rings (SSSR count). The van der Waals surface area contributed by atoms with Crippen molar-refractivity contribution in [2.75, 3.05) is 7.11 Å². The van der Waals surface area contributed by atoms with Crippen LogP contribution in [0.2, 0.25) is 0 Å². The number of aromatic nitrogens is 3. The highest BCUT2D eigenvalue weighted by atomic mass is 16.5. The summed E-state index contributed by atoms with van der Waals surface area (Å²) in [6.07, 6.45) is 1.58. The van der Waals surface area contributed by atoms with Crippen LogP contribution in [0.5, 0.6) is 5.75 Å². The van der Waals surface area contributed by atoms with Crippen LogP contribution in [0.1, 0.15) is 0 Å². The van der Waals surface area contributed by atoms with E-state index < -0.39 is 11.2 Å². The Labute approximate surface area is 119 Å². The third-order valence-electron chi connectivity index (χ3n) is 3.38. The molecule has 21 heavy (non-hydrogen) atoms. The first kappa shape index (κ1) is 13.1. The van der Waals surface area contributed by atoms with Crippen LogP contribution in [0.3, 0.4) is 0 Å². The van der Waals surface area contributed by atoms with Gasteiger partial charge < -0.3 is 4.74 Å². The molecule has 6 heteroatoms. The van der Waals surface area contributed by atoms with Gasteiger partial charge in [-0.1, -0.05) is 12.1 Å². The number of pyridine rings is 1. The van der Waals surface area contributed by atoms with Crippen molar-refractivity contribution in [3.63, 3.8) is 0 Å². The average molecular weight is 283 g/mol.